The van der Waals surface area contributed by atoms with Crippen LogP contribution in [0.25, 0.3) is 0 Å². The fraction of sp³-hybridized carbons (Fsp3) is 1.00. The van der Waals surface area contributed by atoms with E-state index in [0.29, 0.717) is 0 Å². The van der Waals surface area contributed by atoms with Crippen LogP contribution in [0.2, 0.25) is 6.55 Å². The second-order valence-corrected chi connectivity index (χ2v) is 12.0. The topological polar surface area (TPSA) is 18.5 Å². The summed E-state index contributed by atoms with van der Waals surface area (Å²) in [7, 11) is -1.83. The van der Waals surface area contributed by atoms with E-state index in [-0.39, 0.29) is 7.47 Å². The molecule has 0 aromatic rings. The quantitative estimate of drug-likeness (QED) is 0.486. The maximum atomic E-state index is 5.86. The van der Waals surface area contributed by atoms with Crippen molar-refractivity contribution in [1.29, 1.82) is 0 Å². The molecular formula is C9H23O2PSi. The van der Waals surface area contributed by atoms with Crippen molar-refractivity contribution in [3.05, 3.63) is 0 Å². The van der Waals surface area contributed by atoms with Gasteiger partial charge in [-0.1, -0.05) is 21.3 Å². The Morgan fingerprint density at radius 2 is 1.31 bits per heavy atom. The van der Waals surface area contributed by atoms with Crippen molar-refractivity contribution in [2.45, 2.75) is 34.2 Å². The van der Waals surface area contributed by atoms with Gasteiger partial charge in [-0.3, -0.25) is 0 Å². The molecule has 0 bridgehead atoms. The van der Waals surface area contributed by atoms with Crippen LogP contribution in [0.4, 0.5) is 0 Å². The van der Waals surface area contributed by atoms with Gasteiger partial charge in [-0.2, -0.15) is 0 Å². The fourth-order valence-corrected chi connectivity index (χ4v) is 9.99. The minimum atomic E-state index is -1.81. The van der Waals surface area contributed by atoms with Gasteiger partial charge in [0.2, 0.25) is 0 Å². The Labute approximate surface area is 84.9 Å². The van der Waals surface area contributed by atoms with E-state index in [1.165, 1.54) is 12.3 Å². The monoisotopic (exact) mass is 222 g/mol. The molecule has 0 aliphatic rings. The maximum Gasteiger partial charge on any atom is 0.361 e. The number of hydrogen-bond acceptors (Lipinski definition) is 2. The smallest absolute Gasteiger partial charge is 0.361 e. The molecule has 0 unspecified atom stereocenters. The Bertz CT molecular complexity index is 123. The van der Waals surface area contributed by atoms with E-state index in [1.54, 1.807) is 0 Å². The third-order valence-corrected chi connectivity index (χ3v) is 12.6. The lowest BCUT2D eigenvalue weighted by molar-refractivity contribution is 0.209. The zero-order valence-electron chi connectivity index (χ0n) is 9.59. The normalized spacial score (nSPS) is 12.5. The van der Waals surface area contributed by atoms with Crippen molar-refractivity contribution >= 4 is 15.7 Å². The van der Waals surface area contributed by atoms with Gasteiger partial charge in [-0.25, -0.2) is 0 Å². The first-order valence-electron chi connectivity index (χ1n) is 5.17. The average Bonchev–Trinajstić information content (AvgIpc) is 2.07. The van der Waals surface area contributed by atoms with Crippen molar-refractivity contribution in [2.75, 3.05) is 25.5 Å². The summed E-state index contributed by atoms with van der Waals surface area (Å²) < 4.78 is 11.7. The van der Waals surface area contributed by atoms with Gasteiger partial charge in [0.15, 0.2) is 0 Å². The predicted octanol–water partition coefficient (Wildman–Crippen LogP) is 3.15. The predicted molar refractivity (Wildman–Crippen MR) is 62.9 cm³/mol. The third-order valence-electron chi connectivity index (χ3n) is 2.16. The van der Waals surface area contributed by atoms with E-state index in [0.717, 1.165) is 13.2 Å². The van der Waals surface area contributed by atoms with Crippen LogP contribution in [0.5, 0.6) is 0 Å². The lowest BCUT2D eigenvalue weighted by Crippen LogP contribution is -2.38. The highest BCUT2D eigenvalue weighted by molar-refractivity contribution is 7.92. The van der Waals surface area contributed by atoms with Crippen molar-refractivity contribution < 1.29 is 8.85 Å². The first-order chi connectivity index (χ1) is 6.14. The van der Waals surface area contributed by atoms with Crippen LogP contribution in [0.1, 0.15) is 27.7 Å². The van der Waals surface area contributed by atoms with Gasteiger partial charge in [-0.15, -0.1) is 0 Å². The SMILES string of the molecule is CCO[Si](C)(OCC)P(CC)CC. The standard InChI is InChI=1S/C9H23O2PSi/c1-6-10-13(5,11-7-2)12(8-3)9-4/h6-9H2,1-5H3. The molecule has 0 aromatic carbocycles. The van der Waals surface area contributed by atoms with Gasteiger partial charge in [0, 0.05) is 13.2 Å². The molecule has 0 aliphatic carbocycles. The van der Waals surface area contributed by atoms with Crippen LogP contribution >= 0.6 is 7.47 Å². The summed E-state index contributed by atoms with van der Waals surface area (Å²) in [6.45, 7) is 12.4. The van der Waals surface area contributed by atoms with Crippen molar-refractivity contribution in [1.82, 2.24) is 0 Å². The summed E-state index contributed by atoms with van der Waals surface area (Å²) in [5.41, 5.74) is 0. The average molecular weight is 222 g/mol. The molecule has 0 radical (unpaired) electrons. The highest BCUT2D eigenvalue weighted by Crippen LogP contribution is 2.46. The number of rotatable bonds is 7. The van der Waals surface area contributed by atoms with E-state index >= 15 is 0 Å². The Morgan fingerprint density at radius 1 is 0.923 bits per heavy atom. The summed E-state index contributed by atoms with van der Waals surface area (Å²) in [5, 5.41) is 0. The lowest BCUT2D eigenvalue weighted by Gasteiger charge is -2.33. The van der Waals surface area contributed by atoms with Gasteiger partial charge in [0.05, 0.1) is 0 Å². The minimum Gasteiger partial charge on any atom is -0.392 e. The molecule has 2 nitrogen and oxygen atoms in total. The summed E-state index contributed by atoms with van der Waals surface area (Å²) in [6, 6.07) is 0. The van der Waals surface area contributed by atoms with Gasteiger partial charge in [-0.05, 0) is 32.7 Å². The second-order valence-electron chi connectivity index (χ2n) is 2.94. The Hall–Kier alpha value is 0.567. The number of hydrogen-bond donors (Lipinski definition) is 0. The van der Waals surface area contributed by atoms with Crippen molar-refractivity contribution in [3.63, 3.8) is 0 Å². The van der Waals surface area contributed by atoms with E-state index in [1.807, 2.05) is 0 Å². The molecule has 0 saturated heterocycles. The molecule has 0 fully saturated rings. The molecule has 0 saturated carbocycles. The van der Waals surface area contributed by atoms with Crippen LogP contribution in [0.3, 0.4) is 0 Å². The molecule has 0 aromatic heterocycles. The van der Waals surface area contributed by atoms with Crippen LogP contribution in [0.15, 0.2) is 0 Å². The Kier molecular flexibility index (Phi) is 7.24. The first-order valence-corrected chi connectivity index (χ1v) is 10.0. The van der Waals surface area contributed by atoms with Gasteiger partial charge >= 0.3 is 8.23 Å². The molecule has 0 amide bonds. The van der Waals surface area contributed by atoms with Crippen molar-refractivity contribution in [2.24, 2.45) is 0 Å². The molecule has 0 spiro atoms. The summed E-state index contributed by atoms with van der Waals surface area (Å²) in [5.74, 6) is 0. The largest absolute Gasteiger partial charge is 0.392 e. The Morgan fingerprint density at radius 3 is 1.54 bits per heavy atom. The maximum absolute atomic E-state index is 5.86. The van der Waals surface area contributed by atoms with Gasteiger partial charge in [0.1, 0.15) is 0 Å². The highest BCUT2D eigenvalue weighted by atomic mass is 31.4. The summed E-state index contributed by atoms with van der Waals surface area (Å²) in [6.07, 6.45) is 2.46. The zero-order valence-corrected chi connectivity index (χ0v) is 11.5. The molecule has 13 heavy (non-hydrogen) atoms. The second kappa shape index (κ2) is 6.94. The van der Waals surface area contributed by atoms with E-state index in [9.17, 15) is 0 Å². The molecule has 4 heteroatoms. The highest BCUT2D eigenvalue weighted by Gasteiger charge is 2.38. The molecule has 0 aliphatic heterocycles. The van der Waals surface area contributed by atoms with E-state index in [2.05, 4.69) is 34.2 Å². The van der Waals surface area contributed by atoms with E-state index in [4.69, 9.17) is 8.85 Å². The van der Waals surface area contributed by atoms with E-state index < -0.39 is 8.23 Å². The Balaban J connectivity index is 4.33. The minimum absolute atomic E-state index is 0.0190. The third kappa shape index (κ3) is 4.07. The lowest BCUT2D eigenvalue weighted by atomic mass is 10.9. The van der Waals surface area contributed by atoms with Crippen LogP contribution in [0, 0.1) is 0 Å². The summed E-state index contributed by atoms with van der Waals surface area (Å²) >= 11 is 0. The fourth-order valence-electron chi connectivity index (χ4n) is 1.56. The van der Waals surface area contributed by atoms with Gasteiger partial charge in [0.25, 0.3) is 0 Å². The van der Waals surface area contributed by atoms with Crippen LogP contribution in [-0.2, 0) is 8.85 Å². The summed E-state index contributed by atoms with van der Waals surface area (Å²) in [4.78, 5) is 0. The molecule has 0 atom stereocenters. The van der Waals surface area contributed by atoms with Gasteiger partial charge < -0.3 is 8.85 Å². The first kappa shape index (κ1) is 13.6. The molecule has 80 valence electrons. The van der Waals surface area contributed by atoms with Crippen LogP contribution < -0.4 is 0 Å². The molecule has 0 N–H and O–H groups in total. The molecule has 0 rings (SSSR count). The molecular weight excluding hydrogens is 199 g/mol. The van der Waals surface area contributed by atoms with Crippen molar-refractivity contribution in [3.8, 4) is 0 Å². The zero-order chi connectivity index (χ0) is 10.3. The molecule has 0 heterocycles. The van der Waals surface area contributed by atoms with Crippen LogP contribution in [-0.4, -0.2) is 33.8 Å².